The lowest BCUT2D eigenvalue weighted by molar-refractivity contribution is -0.899. The van der Waals surface area contributed by atoms with Crippen LogP contribution in [-0.2, 0) is 14.9 Å². The molecule has 1 saturated heterocycles. The second kappa shape index (κ2) is 6.65. The van der Waals surface area contributed by atoms with Gasteiger partial charge in [-0.3, -0.25) is 4.79 Å². The van der Waals surface area contributed by atoms with Gasteiger partial charge in [-0.05, 0) is 79.4 Å². The molecule has 4 nitrogen and oxygen atoms in total. The molecule has 1 aromatic rings. The van der Waals surface area contributed by atoms with Gasteiger partial charge in [0.25, 0.3) is 5.91 Å². The Labute approximate surface area is 156 Å². The van der Waals surface area contributed by atoms with Crippen molar-refractivity contribution in [2.45, 2.75) is 43.9 Å². The van der Waals surface area contributed by atoms with Crippen molar-refractivity contribution >= 4 is 11.6 Å². The minimum Gasteiger partial charge on any atom is -0.370 e. The molecule has 1 aromatic carbocycles. The van der Waals surface area contributed by atoms with E-state index in [1.54, 1.807) is 0 Å². The molecule has 4 saturated carbocycles. The quantitative estimate of drug-likeness (QED) is 0.868. The molecule has 6 rings (SSSR count). The highest BCUT2D eigenvalue weighted by Gasteiger charge is 2.51. The highest BCUT2D eigenvalue weighted by atomic mass is 16.5. The van der Waals surface area contributed by atoms with Gasteiger partial charge >= 0.3 is 0 Å². The van der Waals surface area contributed by atoms with Crippen LogP contribution in [0.2, 0.25) is 0 Å². The van der Waals surface area contributed by atoms with Gasteiger partial charge in [0.2, 0.25) is 0 Å². The Morgan fingerprint density at radius 3 is 2.15 bits per heavy atom. The number of carbonyl (C=O) groups excluding carboxylic acids is 1. The molecule has 26 heavy (non-hydrogen) atoms. The minimum atomic E-state index is 0.115. The van der Waals surface area contributed by atoms with Crippen molar-refractivity contribution in [2.24, 2.45) is 17.8 Å². The van der Waals surface area contributed by atoms with Gasteiger partial charge < -0.3 is 15.0 Å². The van der Waals surface area contributed by atoms with E-state index in [9.17, 15) is 4.79 Å². The summed E-state index contributed by atoms with van der Waals surface area (Å²) in [6.45, 7) is 3.93. The van der Waals surface area contributed by atoms with E-state index in [-0.39, 0.29) is 5.91 Å². The Balaban J connectivity index is 1.24. The largest absolute Gasteiger partial charge is 0.370 e. The first-order chi connectivity index (χ1) is 12.7. The summed E-state index contributed by atoms with van der Waals surface area (Å²) in [6.07, 6.45) is 8.63. The Morgan fingerprint density at radius 2 is 1.58 bits per heavy atom. The van der Waals surface area contributed by atoms with E-state index in [1.165, 1.54) is 49.0 Å². The fraction of sp³-hybridized carbons (Fsp3) is 0.682. The van der Waals surface area contributed by atoms with Crippen LogP contribution in [0.15, 0.2) is 24.3 Å². The maximum Gasteiger partial charge on any atom is 0.279 e. The van der Waals surface area contributed by atoms with E-state index in [0.29, 0.717) is 12.0 Å². The van der Waals surface area contributed by atoms with Gasteiger partial charge in [0, 0.05) is 5.69 Å². The molecule has 4 aliphatic carbocycles. The van der Waals surface area contributed by atoms with Crippen molar-refractivity contribution in [1.29, 1.82) is 0 Å². The van der Waals surface area contributed by atoms with Crippen LogP contribution in [0.4, 0.5) is 5.69 Å². The monoisotopic (exact) mass is 355 g/mol. The zero-order valence-corrected chi connectivity index (χ0v) is 15.6. The van der Waals surface area contributed by atoms with E-state index in [4.69, 9.17) is 4.74 Å². The van der Waals surface area contributed by atoms with Crippen LogP contribution in [-0.4, -0.2) is 38.8 Å². The predicted octanol–water partition coefficient (Wildman–Crippen LogP) is 2.01. The fourth-order valence-corrected chi connectivity index (χ4v) is 6.64. The molecule has 4 bridgehead atoms. The van der Waals surface area contributed by atoms with Gasteiger partial charge in [0.05, 0.1) is 13.2 Å². The number of nitrogens with one attached hydrogen (secondary N) is 2. The second-order valence-corrected chi connectivity index (χ2v) is 9.36. The number of quaternary nitrogens is 1. The average Bonchev–Trinajstić information content (AvgIpc) is 2.62. The van der Waals surface area contributed by atoms with Crippen molar-refractivity contribution in [2.75, 3.05) is 38.2 Å². The Bertz CT molecular complexity index is 628. The molecule has 1 heterocycles. The van der Waals surface area contributed by atoms with Crippen LogP contribution in [0.1, 0.15) is 44.1 Å². The molecule has 1 amide bonds. The number of rotatable bonds is 4. The number of anilines is 1. The first kappa shape index (κ1) is 16.8. The topological polar surface area (TPSA) is 42.8 Å². The third-order valence-electron chi connectivity index (χ3n) is 7.43. The summed E-state index contributed by atoms with van der Waals surface area (Å²) in [4.78, 5) is 13.6. The highest BCUT2D eigenvalue weighted by Crippen LogP contribution is 2.60. The van der Waals surface area contributed by atoms with Crippen LogP contribution >= 0.6 is 0 Å². The smallest absolute Gasteiger partial charge is 0.279 e. The van der Waals surface area contributed by atoms with Crippen LogP contribution < -0.4 is 10.2 Å². The summed E-state index contributed by atoms with van der Waals surface area (Å²) in [6, 6.07) is 8.84. The van der Waals surface area contributed by atoms with Crippen LogP contribution in [0.25, 0.3) is 0 Å². The van der Waals surface area contributed by atoms with Crippen molar-refractivity contribution < 1.29 is 14.4 Å². The molecule has 2 N–H and O–H groups in total. The maximum absolute atomic E-state index is 12.3. The van der Waals surface area contributed by atoms with E-state index in [1.807, 2.05) is 0 Å². The molecule has 0 aromatic heterocycles. The first-order valence-corrected chi connectivity index (χ1v) is 10.5. The van der Waals surface area contributed by atoms with Crippen LogP contribution in [0.5, 0.6) is 0 Å². The van der Waals surface area contributed by atoms with Crippen LogP contribution in [0.3, 0.4) is 0 Å². The Morgan fingerprint density at radius 1 is 1.00 bits per heavy atom. The Hall–Kier alpha value is -1.39. The number of ether oxygens (including phenoxy) is 1. The molecule has 5 aliphatic rings. The molecule has 0 spiro atoms. The molecular weight excluding hydrogens is 324 g/mol. The lowest BCUT2D eigenvalue weighted by Crippen LogP contribution is -3.15. The predicted molar refractivity (Wildman–Crippen MR) is 101 cm³/mol. The first-order valence-electron chi connectivity index (χ1n) is 10.5. The second-order valence-electron chi connectivity index (χ2n) is 9.36. The minimum absolute atomic E-state index is 0.115. The van der Waals surface area contributed by atoms with Crippen molar-refractivity contribution in [3.05, 3.63) is 29.8 Å². The molecule has 1 aliphatic heterocycles. The summed E-state index contributed by atoms with van der Waals surface area (Å²) >= 11 is 0. The van der Waals surface area contributed by atoms with Crippen molar-refractivity contribution in [3.63, 3.8) is 0 Å². The zero-order chi connectivity index (χ0) is 17.6. The van der Waals surface area contributed by atoms with E-state index < -0.39 is 0 Å². The number of hydrogen-bond donors (Lipinski definition) is 2. The third-order valence-corrected chi connectivity index (χ3v) is 7.43. The fourth-order valence-electron chi connectivity index (χ4n) is 6.64. The molecule has 140 valence electrons. The molecule has 4 heteroatoms. The number of benzene rings is 1. The Kier molecular flexibility index (Phi) is 4.29. The summed E-state index contributed by atoms with van der Waals surface area (Å²) in [5.41, 5.74) is 2.90. The van der Waals surface area contributed by atoms with Gasteiger partial charge in [-0.2, -0.15) is 0 Å². The van der Waals surface area contributed by atoms with Gasteiger partial charge in [-0.1, -0.05) is 12.1 Å². The highest BCUT2D eigenvalue weighted by molar-refractivity contribution is 5.91. The zero-order valence-electron chi connectivity index (χ0n) is 15.6. The average molecular weight is 356 g/mol. The SMILES string of the molecule is O=C(C[NH+]1CCOCC1)Nc1ccc(C23CC4CC(CC(C4)C2)C3)cc1. The number of amides is 1. The maximum atomic E-state index is 12.3. The molecule has 0 atom stereocenters. The molecule has 5 fully saturated rings. The van der Waals surface area contributed by atoms with Crippen molar-refractivity contribution in [3.8, 4) is 0 Å². The van der Waals surface area contributed by atoms with Gasteiger partial charge in [-0.15, -0.1) is 0 Å². The lowest BCUT2D eigenvalue weighted by atomic mass is 9.48. The van der Waals surface area contributed by atoms with E-state index >= 15 is 0 Å². The van der Waals surface area contributed by atoms with E-state index in [0.717, 1.165) is 49.7 Å². The van der Waals surface area contributed by atoms with Crippen LogP contribution in [0, 0.1) is 17.8 Å². The lowest BCUT2D eigenvalue weighted by Gasteiger charge is -2.57. The molecule has 0 radical (unpaired) electrons. The normalized spacial score (nSPS) is 36.2. The van der Waals surface area contributed by atoms with Gasteiger partial charge in [0.1, 0.15) is 13.1 Å². The van der Waals surface area contributed by atoms with Gasteiger partial charge in [-0.25, -0.2) is 0 Å². The third kappa shape index (κ3) is 3.18. The van der Waals surface area contributed by atoms with Crippen molar-refractivity contribution in [1.82, 2.24) is 0 Å². The standard InChI is InChI=1S/C22H30N2O2/c25-21(15-24-5-7-26-8-6-24)23-20-3-1-19(2-4-20)22-12-16-9-17(13-22)11-18(10-16)14-22/h1-4,16-18H,5-15H2,(H,23,25)/p+1. The summed E-state index contributed by atoms with van der Waals surface area (Å²) < 4.78 is 5.36. The van der Waals surface area contributed by atoms with E-state index in [2.05, 4.69) is 29.6 Å². The summed E-state index contributed by atoms with van der Waals surface area (Å²) in [5, 5.41) is 3.09. The molecular formula is C22H31N2O2+. The summed E-state index contributed by atoms with van der Waals surface area (Å²) in [7, 11) is 0. The number of carbonyl (C=O) groups is 1. The number of morpholine rings is 1. The summed E-state index contributed by atoms with van der Waals surface area (Å²) in [5.74, 6) is 3.02. The molecule has 0 unspecified atom stereocenters. The number of hydrogen-bond acceptors (Lipinski definition) is 2. The van der Waals surface area contributed by atoms with Gasteiger partial charge in [0.15, 0.2) is 6.54 Å².